The van der Waals surface area contributed by atoms with Crippen LogP contribution in [0.5, 0.6) is 0 Å². The molecule has 0 saturated carbocycles. The van der Waals surface area contributed by atoms with Gasteiger partial charge in [-0.15, -0.1) is 0 Å². The van der Waals surface area contributed by atoms with Crippen molar-refractivity contribution in [3.05, 3.63) is 65.3 Å². The average Bonchev–Trinajstić information content (AvgIpc) is 2.66. The van der Waals surface area contributed by atoms with E-state index >= 15 is 0 Å². The van der Waals surface area contributed by atoms with Crippen molar-refractivity contribution in [3.8, 4) is 0 Å². The van der Waals surface area contributed by atoms with Crippen LogP contribution in [0.3, 0.4) is 0 Å². The number of aliphatic imine (C=N–C) groups is 2. The van der Waals surface area contributed by atoms with Gasteiger partial charge in [0.25, 0.3) is 0 Å². The summed E-state index contributed by atoms with van der Waals surface area (Å²) in [5.74, 6) is 0.154. The predicted molar refractivity (Wildman–Crippen MR) is 114 cm³/mol. The summed E-state index contributed by atoms with van der Waals surface area (Å²) in [6, 6.07) is 8.41. The first-order valence-electron chi connectivity index (χ1n) is 9.12. The monoisotopic (exact) mass is 350 g/mol. The number of allylic oxidation sites excluding steroid dienone is 4. The van der Waals surface area contributed by atoms with E-state index in [-0.39, 0.29) is 12.3 Å². The second-order valence-electron chi connectivity index (χ2n) is 6.16. The highest BCUT2D eigenvalue weighted by Crippen LogP contribution is 2.19. The van der Waals surface area contributed by atoms with Gasteiger partial charge in [-0.1, -0.05) is 62.4 Å². The fourth-order valence-corrected chi connectivity index (χ4v) is 2.37. The molecule has 0 fully saturated rings. The first-order valence-corrected chi connectivity index (χ1v) is 9.12. The second-order valence-corrected chi connectivity index (χ2v) is 6.16. The Balaban J connectivity index is 2.77. The van der Waals surface area contributed by atoms with Crippen LogP contribution in [0.2, 0.25) is 0 Å². The van der Waals surface area contributed by atoms with Gasteiger partial charge in [-0.05, 0) is 43.2 Å². The molecular formula is C23H30N2O. The highest BCUT2D eigenvalue weighted by atomic mass is 16.1. The molecule has 0 bridgehead atoms. The zero-order valence-electron chi connectivity index (χ0n) is 16.3. The van der Waals surface area contributed by atoms with Gasteiger partial charge in [0.1, 0.15) is 0 Å². The van der Waals surface area contributed by atoms with E-state index in [1.165, 1.54) is 5.56 Å². The van der Waals surface area contributed by atoms with E-state index in [2.05, 4.69) is 66.6 Å². The van der Waals surface area contributed by atoms with Gasteiger partial charge < -0.3 is 0 Å². The molecule has 0 aromatic heterocycles. The third-order valence-corrected chi connectivity index (χ3v) is 4.15. The van der Waals surface area contributed by atoms with Gasteiger partial charge in [-0.3, -0.25) is 14.8 Å². The summed E-state index contributed by atoms with van der Waals surface area (Å²) >= 11 is 0. The third kappa shape index (κ3) is 7.56. The molecule has 0 atom stereocenters. The standard InChI is InChI=1S/C23H30N2O/c1-6-19-11-13-21(14-12-19)23(24-5)10-8-9-20(18(3)4)15-16-25-17-22(26)7-2/h9-14,16H,3,5-8,15,17H2,1-2,4H3/b20-9+,23-10-,25-16-. The second kappa shape index (κ2) is 11.9. The van der Waals surface area contributed by atoms with Crippen LogP contribution in [0.25, 0.3) is 5.70 Å². The molecule has 0 amide bonds. The van der Waals surface area contributed by atoms with Crippen LogP contribution in [-0.2, 0) is 11.2 Å². The third-order valence-electron chi connectivity index (χ3n) is 4.15. The molecule has 0 radical (unpaired) electrons. The van der Waals surface area contributed by atoms with Crippen LogP contribution in [0.1, 0.15) is 51.2 Å². The molecule has 0 aliphatic heterocycles. The smallest absolute Gasteiger partial charge is 0.153 e. The van der Waals surface area contributed by atoms with E-state index in [1.54, 1.807) is 6.21 Å². The van der Waals surface area contributed by atoms with Crippen LogP contribution in [0.4, 0.5) is 0 Å². The zero-order chi connectivity index (χ0) is 19.4. The number of Topliss-reactive ketones (excluding diaryl/α,β-unsaturated/α-hetero) is 1. The number of hydrogen-bond acceptors (Lipinski definition) is 3. The molecule has 1 aromatic carbocycles. The molecule has 0 aliphatic carbocycles. The topological polar surface area (TPSA) is 41.8 Å². The largest absolute Gasteiger partial charge is 0.298 e. The van der Waals surface area contributed by atoms with Crippen LogP contribution in [0, 0.1) is 0 Å². The van der Waals surface area contributed by atoms with Crippen LogP contribution in [-0.4, -0.2) is 25.3 Å². The minimum atomic E-state index is 0.154. The van der Waals surface area contributed by atoms with E-state index in [1.807, 2.05) is 13.8 Å². The lowest BCUT2D eigenvalue weighted by Crippen LogP contribution is -1.99. The molecule has 0 saturated heterocycles. The summed E-state index contributed by atoms with van der Waals surface area (Å²) < 4.78 is 0. The Hall–Kier alpha value is -2.55. The Bertz CT molecular complexity index is 706. The summed E-state index contributed by atoms with van der Waals surface area (Å²) in [5.41, 5.74) is 5.39. The summed E-state index contributed by atoms with van der Waals surface area (Å²) in [6.45, 7) is 14.0. The lowest BCUT2D eigenvalue weighted by molar-refractivity contribution is -0.117. The molecular weight excluding hydrogens is 320 g/mol. The predicted octanol–water partition coefficient (Wildman–Crippen LogP) is 5.62. The van der Waals surface area contributed by atoms with E-state index < -0.39 is 0 Å². The van der Waals surface area contributed by atoms with Crippen LogP contribution in [0.15, 0.2) is 64.1 Å². The van der Waals surface area contributed by atoms with Crippen molar-refractivity contribution in [3.63, 3.8) is 0 Å². The highest BCUT2D eigenvalue weighted by Gasteiger charge is 2.00. The molecule has 138 valence electrons. The summed E-state index contributed by atoms with van der Waals surface area (Å²) in [5, 5.41) is 0. The van der Waals surface area contributed by atoms with Gasteiger partial charge in [0.15, 0.2) is 5.78 Å². The van der Waals surface area contributed by atoms with Gasteiger partial charge in [-0.25, -0.2) is 0 Å². The zero-order valence-corrected chi connectivity index (χ0v) is 16.3. The summed E-state index contributed by atoms with van der Waals surface area (Å²) in [7, 11) is 0. The maximum Gasteiger partial charge on any atom is 0.153 e. The van der Waals surface area contributed by atoms with E-state index in [9.17, 15) is 4.79 Å². The number of carbonyl (C=O) groups is 1. The van der Waals surface area contributed by atoms with E-state index in [4.69, 9.17) is 0 Å². The first kappa shape index (κ1) is 21.5. The molecule has 0 N–H and O–H groups in total. The Kier molecular flexibility index (Phi) is 9.85. The number of benzene rings is 1. The maximum atomic E-state index is 11.3. The molecule has 1 aromatic rings. The van der Waals surface area contributed by atoms with E-state index in [0.717, 1.165) is 35.2 Å². The molecule has 0 spiro atoms. The number of ketones is 1. The van der Waals surface area contributed by atoms with Crippen LogP contribution >= 0.6 is 0 Å². The Morgan fingerprint density at radius 1 is 1.15 bits per heavy atom. The number of aryl methyl sites for hydroxylation is 1. The molecule has 3 heteroatoms. The minimum Gasteiger partial charge on any atom is -0.298 e. The lowest BCUT2D eigenvalue weighted by atomic mass is 10.0. The Morgan fingerprint density at radius 2 is 1.85 bits per heavy atom. The fraction of sp³-hybridized carbons (Fsp3) is 0.348. The molecule has 26 heavy (non-hydrogen) atoms. The van der Waals surface area contributed by atoms with E-state index in [0.29, 0.717) is 12.8 Å². The van der Waals surface area contributed by atoms with Gasteiger partial charge in [0.05, 0.1) is 12.2 Å². The molecule has 1 rings (SSSR count). The van der Waals surface area contributed by atoms with Gasteiger partial charge >= 0.3 is 0 Å². The number of hydrogen-bond donors (Lipinski definition) is 0. The Morgan fingerprint density at radius 3 is 2.38 bits per heavy atom. The van der Waals surface area contributed by atoms with Crippen molar-refractivity contribution in [1.82, 2.24) is 0 Å². The molecule has 0 heterocycles. The summed E-state index contributed by atoms with van der Waals surface area (Å²) in [6.07, 6.45) is 8.97. The SMILES string of the molecule is C=N/C(=C\C/C=C(\C/C=N\CC(=O)CC)C(=C)C)c1ccc(CC)cc1. The summed E-state index contributed by atoms with van der Waals surface area (Å²) in [4.78, 5) is 19.6. The fourth-order valence-electron chi connectivity index (χ4n) is 2.37. The minimum absolute atomic E-state index is 0.154. The highest BCUT2D eigenvalue weighted by molar-refractivity contribution is 5.81. The number of rotatable bonds is 11. The van der Waals surface area contributed by atoms with Crippen molar-refractivity contribution in [2.75, 3.05) is 6.54 Å². The maximum absolute atomic E-state index is 11.3. The lowest BCUT2D eigenvalue weighted by Gasteiger charge is -2.05. The normalized spacial score (nSPS) is 12.4. The molecule has 3 nitrogen and oxygen atoms in total. The van der Waals surface area contributed by atoms with Gasteiger partial charge in [-0.2, -0.15) is 0 Å². The molecule has 0 unspecified atom stereocenters. The Labute approximate surface area is 158 Å². The first-order chi connectivity index (χ1) is 12.5. The van der Waals surface area contributed by atoms with Crippen LogP contribution < -0.4 is 0 Å². The van der Waals surface area contributed by atoms with Gasteiger partial charge in [0.2, 0.25) is 0 Å². The molecule has 0 aliphatic rings. The van der Waals surface area contributed by atoms with Gasteiger partial charge in [0, 0.05) is 19.1 Å². The van der Waals surface area contributed by atoms with Crippen molar-refractivity contribution in [1.29, 1.82) is 0 Å². The quantitative estimate of drug-likeness (QED) is 0.377. The van der Waals surface area contributed by atoms with Crippen molar-refractivity contribution in [2.24, 2.45) is 9.98 Å². The number of nitrogens with zero attached hydrogens (tertiary/aromatic N) is 2. The van der Waals surface area contributed by atoms with Crippen molar-refractivity contribution < 1.29 is 4.79 Å². The van der Waals surface area contributed by atoms with Crippen molar-refractivity contribution in [2.45, 2.75) is 46.5 Å². The average molecular weight is 351 g/mol. The number of carbonyl (C=O) groups excluding carboxylic acids is 1. The van der Waals surface area contributed by atoms with Crippen molar-refractivity contribution >= 4 is 24.4 Å².